The zero-order valence-corrected chi connectivity index (χ0v) is 15.8. The molecule has 1 heterocycles. The molecule has 0 aliphatic heterocycles. The molecule has 152 valence electrons. The Morgan fingerprint density at radius 1 is 1.14 bits per heavy atom. The molecule has 9 heteroatoms. The number of alkyl halides is 2. The molecule has 0 aliphatic rings. The van der Waals surface area contributed by atoms with Gasteiger partial charge in [0.2, 0.25) is 0 Å². The summed E-state index contributed by atoms with van der Waals surface area (Å²) in [6.45, 7) is -1.27. The van der Waals surface area contributed by atoms with Gasteiger partial charge in [-0.2, -0.15) is 8.78 Å². The molecule has 0 bridgehead atoms. The molecular formula is C20H15ClF3NO4. The van der Waals surface area contributed by atoms with E-state index in [0.29, 0.717) is 16.5 Å². The topological polar surface area (TPSA) is 60.7 Å². The molecular weight excluding hydrogens is 411 g/mol. The van der Waals surface area contributed by atoms with Crippen LogP contribution in [-0.2, 0) is 6.61 Å². The Morgan fingerprint density at radius 2 is 1.93 bits per heavy atom. The first-order chi connectivity index (χ1) is 13.8. The first-order valence-electron chi connectivity index (χ1n) is 8.35. The van der Waals surface area contributed by atoms with E-state index < -0.39 is 24.1 Å². The molecule has 0 saturated carbocycles. The largest absolute Gasteiger partial charge is 0.485 e. The molecule has 0 saturated heterocycles. The predicted octanol–water partition coefficient (Wildman–Crippen LogP) is 5.81. The molecule has 2 aromatic carbocycles. The quantitative estimate of drug-likeness (QED) is 0.518. The number of halogens is 4. The minimum atomic E-state index is -3.17. The number of hydrogen-bond donors (Lipinski definition) is 1. The van der Waals surface area contributed by atoms with E-state index in [0.717, 1.165) is 23.8 Å². The molecule has 1 N–H and O–H groups in total. The second kappa shape index (κ2) is 8.91. The number of anilines is 1. The Morgan fingerprint density at radius 3 is 2.66 bits per heavy atom. The van der Waals surface area contributed by atoms with Crippen molar-refractivity contribution in [3.05, 3.63) is 76.5 Å². The molecule has 0 radical (unpaired) electrons. The van der Waals surface area contributed by atoms with Gasteiger partial charge in [-0.15, -0.1) is 0 Å². The van der Waals surface area contributed by atoms with Gasteiger partial charge in [0.1, 0.15) is 23.9 Å². The number of aryl methyl sites for hydroxylation is 1. The summed E-state index contributed by atoms with van der Waals surface area (Å²) in [5.41, 5.74) is 0.715. The first kappa shape index (κ1) is 20.6. The summed E-state index contributed by atoms with van der Waals surface area (Å²) in [6, 6.07) is 11.0. The zero-order chi connectivity index (χ0) is 21.0. The zero-order valence-electron chi connectivity index (χ0n) is 15.0. The van der Waals surface area contributed by atoms with Crippen LogP contribution in [0.2, 0.25) is 5.02 Å². The van der Waals surface area contributed by atoms with Gasteiger partial charge < -0.3 is 19.2 Å². The molecule has 0 spiro atoms. The minimum absolute atomic E-state index is 0.0616. The smallest absolute Gasteiger partial charge is 0.387 e. The van der Waals surface area contributed by atoms with Crippen LogP contribution in [0.25, 0.3) is 0 Å². The maximum atomic E-state index is 13.3. The number of rotatable bonds is 7. The summed E-state index contributed by atoms with van der Waals surface area (Å²) in [7, 11) is 0. The van der Waals surface area contributed by atoms with E-state index in [9.17, 15) is 18.0 Å². The van der Waals surface area contributed by atoms with Crippen molar-refractivity contribution in [1.29, 1.82) is 0 Å². The highest BCUT2D eigenvalue weighted by atomic mass is 35.5. The number of furan rings is 1. The van der Waals surface area contributed by atoms with Crippen LogP contribution in [-0.4, -0.2) is 12.5 Å². The number of ether oxygens (including phenoxy) is 2. The summed E-state index contributed by atoms with van der Waals surface area (Å²) in [6.07, 6.45) is 0. The lowest BCUT2D eigenvalue weighted by atomic mass is 10.2. The highest BCUT2D eigenvalue weighted by Gasteiger charge is 2.17. The number of carbonyl (C=O) groups excluding carboxylic acids is 1. The van der Waals surface area contributed by atoms with Crippen LogP contribution in [0.5, 0.6) is 11.5 Å². The van der Waals surface area contributed by atoms with Gasteiger partial charge in [0.15, 0.2) is 11.5 Å². The fourth-order valence-electron chi connectivity index (χ4n) is 2.48. The normalized spacial score (nSPS) is 10.8. The van der Waals surface area contributed by atoms with Crippen molar-refractivity contribution < 1.29 is 31.9 Å². The van der Waals surface area contributed by atoms with Gasteiger partial charge in [0.05, 0.1) is 5.69 Å². The predicted molar refractivity (Wildman–Crippen MR) is 100 cm³/mol. The van der Waals surface area contributed by atoms with E-state index >= 15 is 0 Å². The highest BCUT2D eigenvalue weighted by molar-refractivity contribution is 6.30. The molecule has 1 amide bonds. The second-order valence-corrected chi connectivity index (χ2v) is 6.37. The van der Waals surface area contributed by atoms with Crippen LogP contribution in [0.1, 0.15) is 21.9 Å². The molecule has 0 fully saturated rings. The summed E-state index contributed by atoms with van der Waals surface area (Å²) < 4.78 is 53.5. The lowest BCUT2D eigenvalue weighted by Crippen LogP contribution is -2.13. The Bertz CT molecular complexity index is 1020. The number of hydrogen-bond acceptors (Lipinski definition) is 4. The van der Waals surface area contributed by atoms with Crippen molar-refractivity contribution in [1.82, 2.24) is 0 Å². The third-order valence-electron chi connectivity index (χ3n) is 3.80. The summed E-state index contributed by atoms with van der Waals surface area (Å²) in [5.74, 6) is -1.10. The lowest BCUT2D eigenvalue weighted by molar-refractivity contribution is -0.0495. The van der Waals surface area contributed by atoms with Crippen molar-refractivity contribution >= 4 is 23.2 Å². The number of carbonyl (C=O) groups is 1. The molecule has 0 aliphatic carbocycles. The van der Waals surface area contributed by atoms with Crippen molar-refractivity contribution in [2.75, 3.05) is 5.32 Å². The molecule has 3 aromatic rings. The Balaban J connectivity index is 1.66. The average Bonchev–Trinajstić information content (AvgIpc) is 3.12. The van der Waals surface area contributed by atoms with Crippen LogP contribution in [0.4, 0.5) is 18.9 Å². The third kappa shape index (κ3) is 5.45. The molecule has 0 unspecified atom stereocenters. The van der Waals surface area contributed by atoms with Gasteiger partial charge in [-0.05, 0) is 55.0 Å². The first-order valence-corrected chi connectivity index (χ1v) is 8.73. The summed E-state index contributed by atoms with van der Waals surface area (Å²) in [5, 5.41) is 2.93. The van der Waals surface area contributed by atoms with Crippen molar-refractivity contribution in [3.63, 3.8) is 0 Å². The van der Waals surface area contributed by atoms with Crippen LogP contribution < -0.4 is 14.8 Å². The maximum absolute atomic E-state index is 13.3. The van der Waals surface area contributed by atoms with Gasteiger partial charge in [0.25, 0.3) is 5.91 Å². The number of nitrogens with one attached hydrogen (secondary N) is 1. The summed E-state index contributed by atoms with van der Waals surface area (Å²) in [4.78, 5) is 12.3. The Kier molecular flexibility index (Phi) is 6.33. The maximum Gasteiger partial charge on any atom is 0.387 e. The van der Waals surface area contributed by atoms with Crippen LogP contribution in [0.3, 0.4) is 0 Å². The van der Waals surface area contributed by atoms with Crippen LogP contribution in [0.15, 0.2) is 52.9 Å². The Labute approximate surface area is 169 Å². The van der Waals surface area contributed by atoms with Crippen LogP contribution >= 0.6 is 11.6 Å². The lowest BCUT2D eigenvalue weighted by Gasteiger charge is -2.11. The van der Waals surface area contributed by atoms with Gasteiger partial charge in [0, 0.05) is 11.1 Å². The highest BCUT2D eigenvalue weighted by Crippen LogP contribution is 2.28. The van der Waals surface area contributed by atoms with E-state index in [1.54, 1.807) is 24.3 Å². The molecule has 29 heavy (non-hydrogen) atoms. The van der Waals surface area contributed by atoms with Gasteiger partial charge >= 0.3 is 6.61 Å². The fourth-order valence-corrected chi connectivity index (χ4v) is 2.70. The number of amides is 1. The number of benzene rings is 2. The average molecular weight is 426 g/mol. The fraction of sp³-hybridized carbons (Fsp3) is 0.150. The molecule has 1 aromatic heterocycles. The van der Waals surface area contributed by atoms with Crippen LogP contribution in [0, 0.1) is 12.7 Å². The van der Waals surface area contributed by atoms with E-state index in [4.69, 9.17) is 20.8 Å². The summed E-state index contributed by atoms with van der Waals surface area (Å²) >= 11 is 5.90. The SMILES string of the molecule is Cc1cc(Cl)ccc1OCc1ccc(C(=O)Nc2ccc(F)cc2OC(F)F)o1. The Hall–Kier alpha value is -3.13. The monoisotopic (exact) mass is 425 g/mol. The standard InChI is InChI=1S/C20H15ClF3NO4/c1-11-8-12(21)2-6-16(11)27-10-14-4-7-17(28-14)19(26)25-15-5-3-13(22)9-18(15)29-20(23)24/h2-9,20H,10H2,1H3,(H,25,26). The molecule has 0 atom stereocenters. The minimum Gasteiger partial charge on any atom is -0.485 e. The van der Waals surface area contributed by atoms with Gasteiger partial charge in [-0.25, -0.2) is 4.39 Å². The van der Waals surface area contributed by atoms with Crippen molar-refractivity contribution in [3.8, 4) is 11.5 Å². The molecule has 3 rings (SSSR count). The van der Waals surface area contributed by atoms with Crippen molar-refractivity contribution in [2.45, 2.75) is 20.1 Å². The van der Waals surface area contributed by atoms with Gasteiger partial charge in [-0.1, -0.05) is 11.6 Å². The van der Waals surface area contributed by atoms with E-state index in [2.05, 4.69) is 10.1 Å². The van der Waals surface area contributed by atoms with Gasteiger partial charge in [-0.3, -0.25) is 4.79 Å². The van der Waals surface area contributed by atoms with E-state index in [1.165, 1.54) is 6.07 Å². The van der Waals surface area contributed by atoms with Crippen molar-refractivity contribution in [2.24, 2.45) is 0 Å². The van der Waals surface area contributed by atoms with E-state index in [1.807, 2.05) is 6.92 Å². The molecule has 5 nitrogen and oxygen atoms in total. The second-order valence-electron chi connectivity index (χ2n) is 5.94. The van der Waals surface area contributed by atoms with E-state index in [-0.39, 0.29) is 18.1 Å². The third-order valence-corrected chi connectivity index (χ3v) is 4.04.